The molecule has 1 aliphatic heterocycles. The summed E-state index contributed by atoms with van der Waals surface area (Å²) in [4.78, 5) is 2.37. The molecule has 1 aromatic rings. The lowest BCUT2D eigenvalue weighted by Gasteiger charge is -2.43. The Morgan fingerprint density at radius 3 is 2.10 bits per heavy atom. The number of benzene rings is 1. The van der Waals surface area contributed by atoms with Crippen LogP contribution < -0.4 is 5.73 Å². The minimum atomic E-state index is -4.30. The lowest BCUT2D eigenvalue weighted by Crippen LogP contribution is -2.51. The largest absolute Gasteiger partial charge is 0.416 e. The summed E-state index contributed by atoms with van der Waals surface area (Å²) < 4.78 is 37.9. The summed E-state index contributed by atoms with van der Waals surface area (Å²) in [6.07, 6.45) is -1.11. The number of nitrogens with zero attached hydrogens (tertiary/aromatic N) is 1. The standard InChI is InChI=1S/C16H23F3N2/c1-3-15(2,21-10-4-5-11-21)14(20)12-6-8-13(9-7-12)16(17,18)19/h6-9,14H,3-5,10-11,20H2,1-2H3. The zero-order valence-corrected chi connectivity index (χ0v) is 12.6. The van der Waals surface area contributed by atoms with Crippen LogP contribution in [0.1, 0.15) is 50.3 Å². The minimum absolute atomic E-state index is 0.212. The van der Waals surface area contributed by atoms with Gasteiger partial charge in [-0.25, -0.2) is 0 Å². The molecule has 0 spiro atoms. The van der Waals surface area contributed by atoms with Crippen LogP contribution in [0.25, 0.3) is 0 Å². The third-order valence-corrected chi connectivity index (χ3v) is 4.81. The van der Waals surface area contributed by atoms with Crippen LogP contribution in [0.4, 0.5) is 13.2 Å². The maximum Gasteiger partial charge on any atom is 0.416 e. The molecule has 5 heteroatoms. The van der Waals surface area contributed by atoms with Crippen molar-refractivity contribution < 1.29 is 13.2 Å². The van der Waals surface area contributed by atoms with E-state index >= 15 is 0 Å². The van der Waals surface area contributed by atoms with Crippen molar-refractivity contribution in [2.24, 2.45) is 5.73 Å². The van der Waals surface area contributed by atoms with E-state index in [1.807, 2.05) is 0 Å². The molecule has 2 rings (SSSR count). The topological polar surface area (TPSA) is 29.3 Å². The van der Waals surface area contributed by atoms with Gasteiger partial charge in [-0.05, 0) is 57.0 Å². The molecule has 2 nitrogen and oxygen atoms in total. The van der Waals surface area contributed by atoms with Gasteiger partial charge in [0, 0.05) is 11.6 Å². The summed E-state index contributed by atoms with van der Waals surface area (Å²) in [6.45, 7) is 6.22. The fraction of sp³-hybridized carbons (Fsp3) is 0.625. The van der Waals surface area contributed by atoms with Gasteiger partial charge in [0.1, 0.15) is 0 Å². The molecule has 1 heterocycles. The van der Waals surface area contributed by atoms with E-state index in [0.717, 1.165) is 50.0 Å². The number of halogens is 3. The maximum absolute atomic E-state index is 12.6. The van der Waals surface area contributed by atoms with Crippen LogP contribution in [0.5, 0.6) is 0 Å². The van der Waals surface area contributed by atoms with Gasteiger partial charge >= 0.3 is 6.18 Å². The predicted molar refractivity (Wildman–Crippen MR) is 77.9 cm³/mol. The van der Waals surface area contributed by atoms with Crippen LogP contribution in [0, 0.1) is 0 Å². The summed E-state index contributed by atoms with van der Waals surface area (Å²) in [5.41, 5.74) is 6.32. The quantitative estimate of drug-likeness (QED) is 0.911. The Labute approximate surface area is 124 Å². The Hall–Kier alpha value is -1.07. The second-order valence-electron chi connectivity index (χ2n) is 6.00. The van der Waals surface area contributed by atoms with E-state index in [-0.39, 0.29) is 11.6 Å². The van der Waals surface area contributed by atoms with Gasteiger partial charge in [-0.1, -0.05) is 19.1 Å². The van der Waals surface area contributed by atoms with Crippen molar-refractivity contribution in [1.29, 1.82) is 0 Å². The first-order valence-electron chi connectivity index (χ1n) is 7.47. The molecule has 0 saturated carbocycles. The average molecular weight is 300 g/mol. The summed E-state index contributed by atoms with van der Waals surface area (Å²) in [6, 6.07) is 4.97. The minimum Gasteiger partial charge on any atom is -0.322 e. The van der Waals surface area contributed by atoms with Gasteiger partial charge in [0.15, 0.2) is 0 Å². The molecule has 118 valence electrons. The van der Waals surface area contributed by atoms with Gasteiger partial charge < -0.3 is 5.73 Å². The number of nitrogens with two attached hydrogens (primary N) is 1. The molecular formula is C16H23F3N2. The van der Waals surface area contributed by atoms with Gasteiger partial charge in [0.2, 0.25) is 0 Å². The lowest BCUT2D eigenvalue weighted by atomic mass is 9.83. The van der Waals surface area contributed by atoms with Crippen molar-refractivity contribution in [2.75, 3.05) is 13.1 Å². The molecule has 1 aliphatic rings. The van der Waals surface area contributed by atoms with Gasteiger partial charge in [0.25, 0.3) is 0 Å². The zero-order valence-electron chi connectivity index (χ0n) is 12.6. The van der Waals surface area contributed by atoms with Crippen molar-refractivity contribution in [3.63, 3.8) is 0 Å². The van der Waals surface area contributed by atoms with E-state index in [1.165, 1.54) is 12.1 Å². The number of rotatable bonds is 4. The molecule has 0 radical (unpaired) electrons. The van der Waals surface area contributed by atoms with E-state index in [9.17, 15) is 13.2 Å². The van der Waals surface area contributed by atoms with E-state index in [4.69, 9.17) is 5.73 Å². The number of likely N-dealkylation sites (tertiary alicyclic amines) is 1. The van der Waals surface area contributed by atoms with Crippen molar-refractivity contribution in [1.82, 2.24) is 4.90 Å². The highest BCUT2D eigenvalue weighted by Gasteiger charge is 2.38. The Kier molecular flexibility index (Phi) is 4.63. The zero-order chi connectivity index (χ0) is 15.7. The lowest BCUT2D eigenvalue weighted by molar-refractivity contribution is -0.137. The van der Waals surface area contributed by atoms with Gasteiger partial charge in [0.05, 0.1) is 5.56 Å². The summed E-state index contributed by atoms with van der Waals surface area (Å²) in [7, 11) is 0. The number of alkyl halides is 3. The second-order valence-corrected chi connectivity index (χ2v) is 6.00. The molecule has 21 heavy (non-hydrogen) atoms. The molecule has 0 aromatic heterocycles. The number of hydrogen-bond donors (Lipinski definition) is 1. The molecule has 0 aliphatic carbocycles. The molecular weight excluding hydrogens is 277 g/mol. The second kappa shape index (κ2) is 5.97. The first-order chi connectivity index (χ1) is 9.79. The molecule has 0 bridgehead atoms. The van der Waals surface area contributed by atoms with E-state index < -0.39 is 11.7 Å². The molecule has 2 atom stereocenters. The van der Waals surface area contributed by atoms with Crippen LogP contribution in [0.3, 0.4) is 0 Å². The van der Waals surface area contributed by atoms with Gasteiger partial charge in [-0.3, -0.25) is 4.90 Å². The Balaban J connectivity index is 2.23. The van der Waals surface area contributed by atoms with Crippen LogP contribution >= 0.6 is 0 Å². The third kappa shape index (κ3) is 3.24. The summed E-state index contributed by atoms with van der Waals surface area (Å²) in [5, 5.41) is 0. The molecule has 2 N–H and O–H groups in total. The highest BCUT2D eigenvalue weighted by Crippen LogP contribution is 2.36. The van der Waals surface area contributed by atoms with Crippen molar-refractivity contribution in [3.8, 4) is 0 Å². The molecule has 0 amide bonds. The fourth-order valence-corrected chi connectivity index (χ4v) is 3.11. The Bertz CT molecular complexity index is 463. The molecule has 1 saturated heterocycles. The smallest absolute Gasteiger partial charge is 0.322 e. The molecule has 1 fully saturated rings. The summed E-state index contributed by atoms with van der Waals surface area (Å²) >= 11 is 0. The van der Waals surface area contributed by atoms with Crippen LogP contribution in [-0.2, 0) is 6.18 Å². The maximum atomic E-state index is 12.6. The monoisotopic (exact) mass is 300 g/mol. The first kappa shape index (κ1) is 16.3. The normalized spacial score (nSPS) is 21.2. The molecule has 2 unspecified atom stereocenters. The number of hydrogen-bond acceptors (Lipinski definition) is 2. The predicted octanol–water partition coefficient (Wildman–Crippen LogP) is 3.97. The van der Waals surface area contributed by atoms with Crippen molar-refractivity contribution >= 4 is 0 Å². The van der Waals surface area contributed by atoms with E-state index in [2.05, 4.69) is 18.7 Å². The summed E-state index contributed by atoms with van der Waals surface area (Å²) in [5.74, 6) is 0. The van der Waals surface area contributed by atoms with E-state index in [0.29, 0.717) is 0 Å². The van der Waals surface area contributed by atoms with Crippen LogP contribution in [0.2, 0.25) is 0 Å². The average Bonchev–Trinajstić information content (AvgIpc) is 2.99. The Morgan fingerprint density at radius 1 is 1.14 bits per heavy atom. The first-order valence-corrected chi connectivity index (χ1v) is 7.47. The highest BCUT2D eigenvalue weighted by atomic mass is 19.4. The van der Waals surface area contributed by atoms with Crippen LogP contribution in [-0.4, -0.2) is 23.5 Å². The van der Waals surface area contributed by atoms with Gasteiger partial charge in [-0.2, -0.15) is 13.2 Å². The third-order valence-electron chi connectivity index (χ3n) is 4.81. The van der Waals surface area contributed by atoms with Crippen LogP contribution in [0.15, 0.2) is 24.3 Å². The fourth-order valence-electron chi connectivity index (χ4n) is 3.11. The van der Waals surface area contributed by atoms with Crippen molar-refractivity contribution in [3.05, 3.63) is 35.4 Å². The van der Waals surface area contributed by atoms with Gasteiger partial charge in [-0.15, -0.1) is 0 Å². The highest BCUT2D eigenvalue weighted by molar-refractivity contribution is 5.28. The Morgan fingerprint density at radius 2 is 1.67 bits per heavy atom. The van der Waals surface area contributed by atoms with E-state index in [1.54, 1.807) is 0 Å². The molecule has 1 aromatic carbocycles. The SMILES string of the molecule is CCC(C)(C(N)c1ccc(C(F)(F)F)cc1)N1CCCC1. The van der Waals surface area contributed by atoms with Crippen molar-refractivity contribution in [2.45, 2.75) is 50.9 Å².